The Morgan fingerprint density at radius 1 is 0.538 bits per heavy atom. The van der Waals surface area contributed by atoms with Crippen LogP contribution in [0.3, 0.4) is 0 Å². The molecule has 6 aromatic rings. The maximum atomic E-state index is 14.6. The van der Waals surface area contributed by atoms with Crippen molar-refractivity contribution in [1.29, 1.82) is 0 Å². The number of fused-ring (bicyclic) bond motifs is 2. The fourth-order valence-corrected chi connectivity index (χ4v) is 14.1. The van der Waals surface area contributed by atoms with Crippen LogP contribution in [0.25, 0.3) is 0 Å². The predicted octanol–water partition coefficient (Wildman–Crippen LogP) is 8.34. The SMILES string of the molecule is CCOc1cc(P(=O)(c2ccccc2)c2ccccc2)c(Br)c2c1OCO2.Cc1cc(P(=O)(c2ccccc2)c2ccccc2)c(Br)c2c1OCO2. The fourth-order valence-electron chi connectivity index (χ4n) is 6.31. The molecule has 0 unspecified atom stereocenters. The minimum Gasteiger partial charge on any atom is -0.490 e. The molecule has 264 valence electrons. The van der Waals surface area contributed by atoms with Crippen LogP contribution in [-0.4, -0.2) is 20.2 Å². The van der Waals surface area contributed by atoms with Gasteiger partial charge in [0.2, 0.25) is 19.3 Å². The summed E-state index contributed by atoms with van der Waals surface area (Å²) < 4.78 is 58.6. The lowest BCUT2D eigenvalue weighted by molar-refractivity contribution is 0.169. The van der Waals surface area contributed by atoms with Gasteiger partial charge in [0.15, 0.2) is 37.3 Å². The van der Waals surface area contributed by atoms with Crippen LogP contribution >= 0.6 is 46.1 Å². The highest BCUT2D eigenvalue weighted by Gasteiger charge is 2.37. The Balaban J connectivity index is 0.000000162. The van der Waals surface area contributed by atoms with Crippen molar-refractivity contribution in [3.8, 4) is 28.7 Å². The Morgan fingerprint density at radius 2 is 0.885 bits per heavy atom. The third-order valence-electron chi connectivity index (χ3n) is 8.73. The molecule has 2 aliphatic heterocycles. The van der Waals surface area contributed by atoms with Gasteiger partial charge in [0.1, 0.15) is 0 Å². The van der Waals surface area contributed by atoms with Crippen molar-refractivity contribution in [2.75, 3.05) is 20.2 Å². The summed E-state index contributed by atoms with van der Waals surface area (Å²) in [5.41, 5.74) is 0.915. The molecule has 0 saturated carbocycles. The van der Waals surface area contributed by atoms with E-state index in [0.29, 0.717) is 49.6 Å². The average Bonchev–Trinajstić information content (AvgIpc) is 3.91. The van der Waals surface area contributed by atoms with Crippen molar-refractivity contribution in [3.63, 3.8) is 0 Å². The second-order valence-corrected chi connectivity index (χ2v) is 18.9. The lowest BCUT2D eigenvalue weighted by Crippen LogP contribution is -2.26. The molecule has 8 rings (SSSR count). The van der Waals surface area contributed by atoms with Gasteiger partial charge in [-0.2, -0.15) is 0 Å². The molecule has 0 spiro atoms. The zero-order chi connectivity index (χ0) is 36.3. The van der Waals surface area contributed by atoms with Crippen LogP contribution in [0, 0.1) is 6.92 Å². The quantitative estimate of drug-likeness (QED) is 0.143. The fraction of sp³-hybridized carbons (Fsp3) is 0.122. The summed E-state index contributed by atoms with van der Waals surface area (Å²) in [5, 5.41) is 4.44. The molecule has 0 bridgehead atoms. The third kappa shape index (κ3) is 6.49. The summed E-state index contributed by atoms with van der Waals surface area (Å²) in [7, 11) is -6.21. The highest BCUT2D eigenvalue weighted by molar-refractivity contribution is 9.11. The molecule has 0 amide bonds. The molecular formula is C41H34Br2O7P2. The van der Waals surface area contributed by atoms with E-state index < -0.39 is 14.3 Å². The molecule has 0 aliphatic carbocycles. The maximum Gasteiger partial charge on any atom is 0.231 e. The number of hydrogen-bond acceptors (Lipinski definition) is 7. The molecule has 2 aliphatic rings. The number of benzene rings is 6. The average molecular weight is 860 g/mol. The number of aryl methyl sites for hydroxylation is 1. The molecule has 0 saturated heterocycles. The van der Waals surface area contributed by atoms with E-state index in [4.69, 9.17) is 23.7 Å². The van der Waals surface area contributed by atoms with Gasteiger partial charge in [-0.05, 0) is 63.4 Å². The van der Waals surface area contributed by atoms with Crippen molar-refractivity contribution in [3.05, 3.63) is 148 Å². The molecular weight excluding hydrogens is 826 g/mol. The van der Waals surface area contributed by atoms with E-state index in [-0.39, 0.29) is 13.6 Å². The first kappa shape index (κ1) is 36.1. The van der Waals surface area contributed by atoms with Crippen LogP contribution < -0.4 is 55.5 Å². The van der Waals surface area contributed by atoms with E-state index in [9.17, 15) is 9.13 Å². The molecule has 0 atom stereocenters. The summed E-state index contributed by atoms with van der Waals surface area (Å²) in [5.74, 6) is 2.95. The smallest absolute Gasteiger partial charge is 0.231 e. The first-order valence-corrected chi connectivity index (χ1v) is 21.6. The van der Waals surface area contributed by atoms with Crippen molar-refractivity contribution >= 4 is 78.0 Å². The van der Waals surface area contributed by atoms with Gasteiger partial charge in [-0.15, -0.1) is 0 Å². The zero-order valence-electron chi connectivity index (χ0n) is 28.3. The molecule has 11 heteroatoms. The molecule has 2 heterocycles. The van der Waals surface area contributed by atoms with Gasteiger partial charge in [0.05, 0.1) is 15.6 Å². The Hall–Kier alpha value is -4.26. The second kappa shape index (κ2) is 15.4. The van der Waals surface area contributed by atoms with Crippen LogP contribution in [0.1, 0.15) is 12.5 Å². The molecule has 6 aromatic carbocycles. The van der Waals surface area contributed by atoms with Gasteiger partial charge >= 0.3 is 0 Å². The van der Waals surface area contributed by atoms with Crippen molar-refractivity contribution in [2.45, 2.75) is 13.8 Å². The van der Waals surface area contributed by atoms with Crippen LogP contribution in [0.5, 0.6) is 28.7 Å². The number of rotatable bonds is 8. The minimum atomic E-state index is -3.16. The highest BCUT2D eigenvalue weighted by atomic mass is 79.9. The Bertz CT molecular complexity index is 2220. The lowest BCUT2D eigenvalue weighted by Gasteiger charge is -2.22. The maximum absolute atomic E-state index is 14.6. The summed E-state index contributed by atoms with van der Waals surface area (Å²) in [4.78, 5) is 0. The van der Waals surface area contributed by atoms with Crippen LogP contribution in [0.15, 0.2) is 142 Å². The van der Waals surface area contributed by atoms with Crippen LogP contribution in [0.2, 0.25) is 0 Å². The predicted molar refractivity (Wildman–Crippen MR) is 215 cm³/mol. The van der Waals surface area contributed by atoms with Crippen molar-refractivity contribution in [1.82, 2.24) is 0 Å². The topological polar surface area (TPSA) is 80.3 Å². The largest absolute Gasteiger partial charge is 0.490 e. The van der Waals surface area contributed by atoms with Crippen molar-refractivity contribution < 1.29 is 32.8 Å². The van der Waals surface area contributed by atoms with Gasteiger partial charge in [0.25, 0.3) is 0 Å². The Morgan fingerprint density at radius 3 is 1.29 bits per heavy atom. The van der Waals surface area contributed by atoms with E-state index in [2.05, 4.69) is 31.9 Å². The number of halogens is 2. The normalized spacial score (nSPS) is 12.9. The third-order valence-corrected chi connectivity index (χ3v) is 17.1. The minimum absolute atomic E-state index is 0.110. The van der Waals surface area contributed by atoms with E-state index in [1.807, 2.05) is 147 Å². The number of hydrogen-bond donors (Lipinski definition) is 0. The highest BCUT2D eigenvalue weighted by Crippen LogP contribution is 2.53. The summed E-state index contributed by atoms with van der Waals surface area (Å²) in [6.07, 6.45) is 0. The van der Waals surface area contributed by atoms with Crippen molar-refractivity contribution in [2.24, 2.45) is 0 Å². The van der Waals surface area contributed by atoms with Gasteiger partial charge in [-0.25, -0.2) is 0 Å². The number of ether oxygens (including phenoxy) is 5. The Kier molecular flexibility index (Phi) is 10.7. The molecule has 0 radical (unpaired) electrons. The van der Waals surface area contributed by atoms with Gasteiger partial charge in [-0.1, -0.05) is 121 Å². The van der Waals surface area contributed by atoms with Gasteiger partial charge in [0, 0.05) is 31.8 Å². The summed E-state index contributed by atoms with van der Waals surface area (Å²) >= 11 is 7.23. The molecule has 52 heavy (non-hydrogen) atoms. The van der Waals surface area contributed by atoms with Crippen LogP contribution in [-0.2, 0) is 9.13 Å². The van der Waals surface area contributed by atoms with Gasteiger partial charge < -0.3 is 32.8 Å². The lowest BCUT2D eigenvalue weighted by atomic mass is 10.2. The zero-order valence-corrected chi connectivity index (χ0v) is 33.3. The van der Waals surface area contributed by atoms with E-state index >= 15 is 0 Å². The molecule has 0 aromatic heterocycles. The molecule has 7 nitrogen and oxygen atoms in total. The first-order chi connectivity index (χ1) is 25.3. The van der Waals surface area contributed by atoms with E-state index in [1.54, 1.807) is 0 Å². The standard InChI is InChI=1S/C21H18BrO4P.C20H16BrO3P/c1-2-24-17-13-18(19(22)21-20(17)25-14-26-21)27(23,15-9-5-3-6-10-15)16-11-7-4-8-12-16;1-14-12-17(18(21)20-19(14)23-13-24-20)25(22,15-8-4-2-5-9-15)16-10-6-3-7-11-16/h3-13H,2,14H2,1H3;2-12H,13H2,1H3. The Labute approximate surface area is 319 Å². The summed E-state index contributed by atoms with van der Waals surface area (Å²) in [6, 6.07) is 41.9. The second-order valence-electron chi connectivity index (χ2n) is 11.9. The monoisotopic (exact) mass is 858 g/mol. The van der Waals surface area contributed by atoms with Crippen LogP contribution in [0.4, 0.5) is 0 Å². The van der Waals surface area contributed by atoms with Gasteiger partial charge in [-0.3, -0.25) is 0 Å². The molecule has 0 N–H and O–H groups in total. The first-order valence-electron chi connectivity index (χ1n) is 16.6. The summed E-state index contributed by atoms with van der Waals surface area (Å²) in [6.45, 7) is 4.61. The van der Waals surface area contributed by atoms with E-state index in [1.165, 1.54) is 0 Å². The van der Waals surface area contributed by atoms with E-state index in [0.717, 1.165) is 32.1 Å². The molecule has 0 fully saturated rings.